The summed E-state index contributed by atoms with van der Waals surface area (Å²) >= 11 is 5.54. The largest absolute Gasteiger partial charge is 0.360 e. The van der Waals surface area contributed by atoms with Gasteiger partial charge in [0.15, 0.2) is 5.11 Å². The van der Waals surface area contributed by atoms with E-state index in [2.05, 4.69) is 55.4 Å². The monoisotopic (exact) mass is 304 g/mol. The van der Waals surface area contributed by atoms with E-state index in [-0.39, 0.29) is 0 Å². The van der Waals surface area contributed by atoms with E-state index in [1.165, 1.54) is 43.2 Å². The highest BCUT2D eigenvalue weighted by Crippen LogP contribution is 2.18. The highest BCUT2D eigenvalue weighted by molar-refractivity contribution is 7.80. The van der Waals surface area contributed by atoms with E-state index in [9.17, 15) is 0 Å². The first-order chi connectivity index (χ1) is 10.1. The number of thiocarbonyl (C=S) groups is 1. The van der Waals surface area contributed by atoms with Crippen LogP contribution in [0.3, 0.4) is 0 Å². The first-order valence-electron chi connectivity index (χ1n) is 8.16. The van der Waals surface area contributed by atoms with Crippen LogP contribution >= 0.6 is 12.2 Å². The maximum atomic E-state index is 5.54. The molecule has 0 bridgehead atoms. The normalized spacial score (nSPS) is 16.0. The zero-order valence-corrected chi connectivity index (χ0v) is 14.4. The summed E-state index contributed by atoms with van der Waals surface area (Å²) in [6.45, 7) is 5.33. The Morgan fingerprint density at radius 2 is 1.81 bits per heavy atom. The third-order valence-corrected chi connectivity index (χ3v) is 4.78. The molecule has 1 fully saturated rings. The second-order valence-corrected chi connectivity index (χ2v) is 6.92. The van der Waals surface area contributed by atoms with Crippen LogP contribution in [0.2, 0.25) is 0 Å². The van der Waals surface area contributed by atoms with Crippen LogP contribution in [-0.4, -0.2) is 23.1 Å². The molecule has 0 aromatic heterocycles. The zero-order chi connectivity index (χ0) is 15.2. The van der Waals surface area contributed by atoms with Crippen LogP contribution < -0.4 is 5.32 Å². The molecule has 0 unspecified atom stereocenters. The summed E-state index contributed by atoms with van der Waals surface area (Å²) in [5.74, 6) is 0.589. The van der Waals surface area contributed by atoms with Gasteiger partial charge in [0, 0.05) is 19.6 Å². The Kier molecular flexibility index (Phi) is 6.04. The number of rotatable bonds is 4. The van der Waals surface area contributed by atoms with Gasteiger partial charge < -0.3 is 10.2 Å². The predicted octanol–water partition coefficient (Wildman–Crippen LogP) is 4.45. The van der Waals surface area contributed by atoms with Gasteiger partial charge in [-0.2, -0.15) is 0 Å². The molecule has 1 aliphatic carbocycles. The third-order valence-electron chi connectivity index (χ3n) is 4.35. The molecule has 3 heteroatoms. The van der Waals surface area contributed by atoms with Crippen LogP contribution in [0.5, 0.6) is 0 Å². The summed E-state index contributed by atoms with van der Waals surface area (Å²) < 4.78 is 0. The minimum Gasteiger partial charge on any atom is -0.360 e. The minimum absolute atomic E-state index is 0.581. The van der Waals surface area contributed by atoms with Crippen molar-refractivity contribution < 1.29 is 0 Å². The van der Waals surface area contributed by atoms with Gasteiger partial charge >= 0.3 is 0 Å². The van der Waals surface area contributed by atoms with Crippen molar-refractivity contribution in [2.45, 2.75) is 64.5 Å². The molecule has 2 rings (SSSR count). The van der Waals surface area contributed by atoms with Crippen molar-refractivity contribution in [3.05, 3.63) is 35.4 Å². The Labute approximate surface area is 134 Å². The Morgan fingerprint density at radius 1 is 1.19 bits per heavy atom. The van der Waals surface area contributed by atoms with Gasteiger partial charge in [-0.25, -0.2) is 0 Å². The molecule has 0 spiro atoms. The molecule has 2 nitrogen and oxygen atoms in total. The first-order valence-corrected chi connectivity index (χ1v) is 8.57. The smallest absolute Gasteiger partial charge is 0.169 e. The summed E-state index contributed by atoms with van der Waals surface area (Å²) in [6, 6.07) is 9.47. The van der Waals surface area contributed by atoms with Crippen molar-refractivity contribution in [3.63, 3.8) is 0 Å². The van der Waals surface area contributed by atoms with E-state index in [4.69, 9.17) is 12.2 Å². The quantitative estimate of drug-likeness (QED) is 0.827. The Bertz CT molecular complexity index is 447. The molecule has 1 saturated carbocycles. The van der Waals surface area contributed by atoms with Crippen molar-refractivity contribution in [2.75, 3.05) is 7.05 Å². The van der Waals surface area contributed by atoms with Gasteiger partial charge in [-0.05, 0) is 42.1 Å². The molecule has 1 N–H and O–H groups in total. The maximum absolute atomic E-state index is 5.54. The fourth-order valence-electron chi connectivity index (χ4n) is 2.89. The summed E-state index contributed by atoms with van der Waals surface area (Å²) in [6.07, 6.45) is 6.57. The van der Waals surface area contributed by atoms with Crippen molar-refractivity contribution in [1.29, 1.82) is 0 Å². The number of hydrogen-bond donors (Lipinski definition) is 1. The molecule has 0 amide bonds. The van der Waals surface area contributed by atoms with Crippen molar-refractivity contribution in [1.82, 2.24) is 10.2 Å². The number of nitrogens with zero attached hydrogens (tertiary/aromatic N) is 1. The average Bonchev–Trinajstić information content (AvgIpc) is 2.48. The standard InChI is InChI=1S/C18H28N2S/c1-14(2)16-11-9-15(10-12-16)13-20(3)18(21)19-17-7-5-4-6-8-17/h9-12,14,17H,4-8,13H2,1-3H3,(H,19,21). The van der Waals surface area contributed by atoms with Crippen LogP contribution in [0.15, 0.2) is 24.3 Å². The van der Waals surface area contributed by atoms with Crippen molar-refractivity contribution in [3.8, 4) is 0 Å². The second-order valence-electron chi connectivity index (χ2n) is 6.54. The highest BCUT2D eigenvalue weighted by Gasteiger charge is 2.15. The molecule has 116 valence electrons. The third kappa shape index (κ3) is 4.99. The molecular weight excluding hydrogens is 276 g/mol. The second kappa shape index (κ2) is 7.79. The van der Waals surface area contributed by atoms with Crippen LogP contribution in [0, 0.1) is 0 Å². The lowest BCUT2D eigenvalue weighted by atomic mass is 9.96. The minimum atomic E-state index is 0.581. The molecule has 0 aliphatic heterocycles. The first kappa shape index (κ1) is 16.3. The number of hydrogen-bond acceptors (Lipinski definition) is 1. The van der Waals surface area contributed by atoms with E-state index in [0.717, 1.165) is 11.7 Å². The molecule has 0 atom stereocenters. The van der Waals surface area contributed by atoms with E-state index in [0.29, 0.717) is 12.0 Å². The SMILES string of the molecule is CC(C)c1ccc(CN(C)C(=S)NC2CCCCC2)cc1. The van der Waals surface area contributed by atoms with Gasteiger partial charge in [0.1, 0.15) is 0 Å². The van der Waals surface area contributed by atoms with E-state index >= 15 is 0 Å². The van der Waals surface area contributed by atoms with Crippen LogP contribution in [-0.2, 0) is 6.54 Å². The lowest BCUT2D eigenvalue weighted by Crippen LogP contribution is -2.43. The highest BCUT2D eigenvalue weighted by atomic mass is 32.1. The van der Waals surface area contributed by atoms with Crippen molar-refractivity contribution >= 4 is 17.3 Å². The average molecular weight is 305 g/mol. The maximum Gasteiger partial charge on any atom is 0.169 e. The van der Waals surface area contributed by atoms with E-state index in [1.807, 2.05) is 0 Å². The lowest BCUT2D eigenvalue weighted by molar-refractivity contribution is 0.392. The molecule has 0 saturated heterocycles. The van der Waals surface area contributed by atoms with Crippen LogP contribution in [0.4, 0.5) is 0 Å². The van der Waals surface area contributed by atoms with E-state index < -0.39 is 0 Å². The number of nitrogens with one attached hydrogen (secondary N) is 1. The van der Waals surface area contributed by atoms with Crippen LogP contribution in [0.25, 0.3) is 0 Å². The molecule has 21 heavy (non-hydrogen) atoms. The van der Waals surface area contributed by atoms with Crippen molar-refractivity contribution in [2.24, 2.45) is 0 Å². The van der Waals surface area contributed by atoms with Gasteiger partial charge in [0.25, 0.3) is 0 Å². The van der Waals surface area contributed by atoms with E-state index in [1.54, 1.807) is 0 Å². The molecule has 1 aromatic rings. The Morgan fingerprint density at radius 3 is 2.38 bits per heavy atom. The Hall–Kier alpha value is -1.09. The summed E-state index contributed by atoms with van der Waals surface area (Å²) in [5, 5.41) is 4.41. The van der Waals surface area contributed by atoms with Gasteiger partial charge in [-0.3, -0.25) is 0 Å². The van der Waals surface area contributed by atoms with Crippen LogP contribution in [0.1, 0.15) is 63.0 Å². The number of benzene rings is 1. The van der Waals surface area contributed by atoms with Gasteiger partial charge in [-0.15, -0.1) is 0 Å². The molecule has 1 aliphatic rings. The molecule has 1 aromatic carbocycles. The fourth-order valence-corrected chi connectivity index (χ4v) is 3.12. The predicted molar refractivity (Wildman–Crippen MR) is 94.6 cm³/mol. The summed E-state index contributed by atoms with van der Waals surface area (Å²) in [7, 11) is 2.08. The van der Waals surface area contributed by atoms with Gasteiger partial charge in [0.2, 0.25) is 0 Å². The van der Waals surface area contributed by atoms with Gasteiger partial charge in [-0.1, -0.05) is 57.4 Å². The summed E-state index contributed by atoms with van der Waals surface area (Å²) in [5.41, 5.74) is 2.71. The molecule has 0 radical (unpaired) electrons. The molecular formula is C18H28N2S. The zero-order valence-electron chi connectivity index (χ0n) is 13.6. The Balaban J connectivity index is 1.84. The fraction of sp³-hybridized carbons (Fsp3) is 0.611. The summed E-state index contributed by atoms with van der Waals surface area (Å²) in [4.78, 5) is 2.15. The molecule has 0 heterocycles. The van der Waals surface area contributed by atoms with Gasteiger partial charge in [0.05, 0.1) is 0 Å². The lowest BCUT2D eigenvalue weighted by Gasteiger charge is -2.28. The topological polar surface area (TPSA) is 15.3 Å².